The van der Waals surface area contributed by atoms with Crippen molar-refractivity contribution in [2.75, 3.05) is 13.1 Å². The lowest BCUT2D eigenvalue weighted by molar-refractivity contribution is -0.0440. The molecule has 2 atom stereocenters. The van der Waals surface area contributed by atoms with Gasteiger partial charge in [0.25, 0.3) is 0 Å². The number of rotatable bonds is 7. The zero-order valence-corrected chi connectivity index (χ0v) is 24.1. The van der Waals surface area contributed by atoms with Gasteiger partial charge in [0.15, 0.2) is 0 Å². The minimum atomic E-state index is -4.11. The highest BCUT2D eigenvalue weighted by Gasteiger charge is 2.32. The first-order valence-electron chi connectivity index (χ1n) is 12.9. The summed E-state index contributed by atoms with van der Waals surface area (Å²) in [6.45, 7) is 4.13. The van der Waals surface area contributed by atoms with Crippen LogP contribution in [-0.2, 0) is 24.6 Å². The molecule has 1 fully saturated rings. The van der Waals surface area contributed by atoms with E-state index in [2.05, 4.69) is 0 Å². The van der Waals surface area contributed by atoms with Crippen molar-refractivity contribution in [3.8, 4) is 23.0 Å². The number of ether oxygens (including phenoxy) is 1. The molecule has 0 radical (unpaired) electrons. The van der Waals surface area contributed by atoms with Crippen LogP contribution in [0.2, 0.25) is 0 Å². The Morgan fingerprint density at radius 3 is 2.15 bits per heavy atom. The molecule has 1 aliphatic heterocycles. The summed E-state index contributed by atoms with van der Waals surface area (Å²) < 4.78 is 62.5. The average Bonchev–Trinajstić information content (AvgIpc) is 3.40. The molecule has 4 aromatic rings. The van der Waals surface area contributed by atoms with E-state index in [4.69, 9.17) is 9.84 Å². The molecule has 0 aliphatic carbocycles. The fourth-order valence-electron chi connectivity index (χ4n) is 4.75. The second-order valence-electron chi connectivity index (χ2n) is 9.76. The first-order chi connectivity index (χ1) is 19.6. The van der Waals surface area contributed by atoms with Crippen molar-refractivity contribution in [3.05, 3.63) is 102 Å². The Morgan fingerprint density at radius 1 is 0.902 bits per heavy atom. The number of para-hydroxylation sites is 1. The molecule has 3 aromatic carbocycles. The zero-order valence-electron chi connectivity index (χ0n) is 22.5. The van der Waals surface area contributed by atoms with Gasteiger partial charge in [-0.3, -0.25) is 0 Å². The first-order valence-corrected chi connectivity index (χ1v) is 15.8. The predicted molar refractivity (Wildman–Crippen MR) is 155 cm³/mol. The number of sulfonamides is 1. The van der Waals surface area contributed by atoms with E-state index in [1.807, 2.05) is 50.2 Å². The minimum absolute atomic E-state index is 0.00754. The molecule has 1 aromatic heterocycles. The maximum absolute atomic E-state index is 13.6. The smallest absolute Gasteiger partial charge is 0.243 e. The Kier molecular flexibility index (Phi) is 7.93. The van der Waals surface area contributed by atoms with Gasteiger partial charge in [-0.15, -0.1) is 0 Å². The standard InChI is InChI=1S/C30H28N4O5S2/c1-22-19-33(20-23(2)39-22)41(37,38)28-15-9-10-24(16-28)30-25(21-34(32-30)26-11-5-3-6-12-26)17-29(18-31)40(35,36)27-13-7-4-8-14-27/h3-17,21-23H,19-20H2,1-2H3/b29-17-. The topological polar surface area (TPSA) is 122 Å². The third-order valence-electron chi connectivity index (χ3n) is 6.63. The average molecular weight is 589 g/mol. The molecule has 9 nitrogen and oxygen atoms in total. The molecular weight excluding hydrogens is 560 g/mol. The van der Waals surface area contributed by atoms with Gasteiger partial charge in [-0.1, -0.05) is 48.5 Å². The Labute approximate surface area is 239 Å². The van der Waals surface area contributed by atoms with Crippen molar-refractivity contribution in [1.29, 1.82) is 5.26 Å². The molecule has 1 aliphatic rings. The van der Waals surface area contributed by atoms with Gasteiger partial charge in [0, 0.05) is 30.4 Å². The van der Waals surface area contributed by atoms with Crippen molar-refractivity contribution in [2.24, 2.45) is 0 Å². The molecule has 0 amide bonds. The lowest BCUT2D eigenvalue weighted by Crippen LogP contribution is -2.48. The van der Waals surface area contributed by atoms with E-state index in [-0.39, 0.29) is 35.1 Å². The Bertz CT molecular complexity index is 1840. The van der Waals surface area contributed by atoms with Crippen LogP contribution in [0.1, 0.15) is 19.4 Å². The molecule has 0 N–H and O–H groups in total. The summed E-state index contributed by atoms with van der Waals surface area (Å²) >= 11 is 0. The number of nitriles is 1. The van der Waals surface area contributed by atoms with E-state index in [1.54, 1.807) is 41.2 Å². The van der Waals surface area contributed by atoms with Crippen LogP contribution in [-0.4, -0.2) is 56.2 Å². The summed E-state index contributed by atoms with van der Waals surface area (Å²) in [6.07, 6.45) is 2.41. The number of morpholine rings is 1. The SMILES string of the molecule is CC1CN(S(=O)(=O)c2cccc(-c3nn(-c4ccccc4)cc3/C=C(/C#N)S(=O)(=O)c3ccccc3)c2)CC(C)O1. The summed E-state index contributed by atoms with van der Waals surface area (Å²) in [4.78, 5) is -0.387. The quantitative estimate of drug-likeness (QED) is 0.288. The van der Waals surface area contributed by atoms with E-state index in [0.717, 1.165) is 0 Å². The highest BCUT2D eigenvalue weighted by molar-refractivity contribution is 7.95. The number of aromatic nitrogens is 2. The molecular formula is C30H28N4O5S2. The Morgan fingerprint density at radius 2 is 1.51 bits per heavy atom. The molecule has 1 saturated heterocycles. The van der Waals surface area contributed by atoms with Gasteiger partial charge in [0.1, 0.15) is 16.7 Å². The number of hydrogen-bond donors (Lipinski definition) is 0. The summed E-state index contributed by atoms with van der Waals surface area (Å²) in [5, 5.41) is 14.6. The third kappa shape index (κ3) is 5.87. The van der Waals surface area contributed by atoms with Crippen molar-refractivity contribution >= 4 is 25.9 Å². The highest BCUT2D eigenvalue weighted by Crippen LogP contribution is 2.31. The molecule has 0 saturated carbocycles. The largest absolute Gasteiger partial charge is 0.373 e. The van der Waals surface area contributed by atoms with E-state index >= 15 is 0 Å². The van der Waals surface area contributed by atoms with Crippen molar-refractivity contribution in [3.63, 3.8) is 0 Å². The van der Waals surface area contributed by atoms with E-state index in [1.165, 1.54) is 34.6 Å². The second-order valence-corrected chi connectivity index (χ2v) is 13.6. The number of allylic oxidation sites excluding steroid dienone is 1. The molecule has 5 rings (SSSR count). The van der Waals surface area contributed by atoms with Crippen LogP contribution >= 0.6 is 0 Å². The molecule has 0 bridgehead atoms. The summed E-state index contributed by atoms with van der Waals surface area (Å²) in [7, 11) is -7.96. The van der Waals surface area contributed by atoms with Crippen LogP contribution in [0.4, 0.5) is 0 Å². The maximum Gasteiger partial charge on any atom is 0.243 e. The summed E-state index contributed by atoms with van der Waals surface area (Å²) in [6, 6.07) is 25.1. The monoisotopic (exact) mass is 588 g/mol. The van der Waals surface area contributed by atoms with Gasteiger partial charge in [-0.05, 0) is 56.3 Å². The number of sulfone groups is 1. The molecule has 210 valence electrons. The number of nitrogens with zero attached hydrogens (tertiary/aromatic N) is 4. The van der Waals surface area contributed by atoms with Crippen LogP contribution in [0.5, 0.6) is 0 Å². The van der Waals surface area contributed by atoms with Crippen molar-refractivity contribution in [1.82, 2.24) is 14.1 Å². The lowest BCUT2D eigenvalue weighted by atomic mass is 10.1. The molecule has 41 heavy (non-hydrogen) atoms. The summed E-state index contributed by atoms with van der Waals surface area (Å²) in [5.74, 6) is 0. The van der Waals surface area contributed by atoms with Crippen LogP contribution < -0.4 is 0 Å². The van der Waals surface area contributed by atoms with Crippen molar-refractivity contribution in [2.45, 2.75) is 35.8 Å². The summed E-state index contributed by atoms with van der Waals surface area (Å²) in [5.41, 5.74) is 1.83. The molecule has 2 heterocycles. The van der Waals surface area contributed by atoms with Crippen LogP contribution in [0.3, 0.4) is 0 Å². The normalized spacial score (nSPS) is 18.6. The van der Waals surface area contributed by atoms with Crippen molar-refractivity contribution < 1.29 is 21.6 Å². The fraction of sp³-hybridized carbons (Fsp3) is 0.200. The van der Waals surface area contributed by atoms with Crippen LogP contribution in [0, 0.1) is 11.3 Å². The minimum Gasteiger partial charge on any atom is -0.373 e. The zero-order chi connectivity index (χ0) is 29.2. The van der Waals surface area contributed by atoms with Gasteiger partial charge in [0.05, 0.1) is 27.7 Å². The Hall–Kier alpha value is -4.08. The number of benzene rings is 3. The third-order valence-corrected chi connectivity index (χ3v) is 10.1. The van der Waals surface area contributed by atoms with E-state index < -0.39 is 24.8 Å². The van der Waals surface area contributed by atoms with Crippen LogP contribution in [0.15, 0.2) is 106 Å². The fourth-order valence-corrected chi connectivity index (χ4v) is 7.56. The van der Waals surface area contributed by atoms with Gasteiger partial charge in [-0.2, -0.15) is 14.7 Å². The van der Waals surface area contributed by atoms with E-state index in [9.17, 15) is 22.1 Å². The molecule has 0 spiro atoms. The van der Waals surface area contributed by atoms with E-state index in [0.29, 0.717) is 22.5 Å². The Balaban J connectivity index is 1.63. The first kappa shape index (κ1) is 28.4. The predicted octanol–water partition coefficient (Wildman–Crippen LogP) is 4.68. The van der Waals surface area contributed by atoms with Gasteiger partial charge in [0.2, 0.25) is 19.9 Å². The van der Waals surface area contributed by atoms with Gasteiger partial charge >= 0.3 is 0 Å². The maximum atomic E-state index is 13.6. The van der Waals surface area contributed by atoms with Gasteiger partial charge < -0.3 is 4.74 Å². The van der Waals surface area contributed by atoms with Crippen LogP contribution in [0.25, 0.3) is 23.0 Å². The lowest BCUT2D eigenvalue weighted by Gasteiger charge is -2.34. The number of hydrogen-bond acceptors (Lipinski definition) is 7. The second kappa shape index (κ2) is 11.4. The van der Waals surface area contributed by atoms with Gasteiger partial charge in [-0.25, -0.2) is 21.5 Å². The highest BCUT2D eigenvalue weighted by atomic mass is 32.2. The molecule has 2 unspecified atom stereocenters. The molecule has 11 heteroatoms.